The van der Waals surface area contributed by atoms with E-state index in [-0.39, 0.29) is 11.5 Å². The summed E-state index contributed by atoms with van der Waals surface area (Å²) in [7, 11) is 1.74. The average molecular weight is 408 g/mol. The smallest absolute Gasteiger partial charge is 0.119 e. The number of para-hydroxylation sites is 1. The minimum atomic E-state index is -0.708. The lowest BCUT2D eigenvalue weighted by Gasteiger charge is -2.58. The monoisotopic (exact) mass is 407 g/mol. The first-order valence-corrected chi connectivity index (χ1v) is 11.6. The van der Waals surface area contributed by atoms with Gasteiger partial charge in [0.2, 0.25) is 0 Å². The largest absolute Gasteiger partial charge is 0.497 e. The molecule has 2 aromatic carbocycles. The van der Waals surface area contributed by atoms with Crippen molar-refractivity contribution in [2.75, 3.05) is 12.4 Å². The van der Waals surface area contributed by atoms with Gasteiger partial charge in [0.1, 0.15) is 11.9 Å². The van der Waals surface area contributed by atoms with E-state index < -0.39 is 6.17 Å². The topological polar surface area (TPSA) is 21.3 Å². The Bertz CT molecular complexity index is 927. The molecule has 2 fully saturated rings. The predicted molar refractivity (Wildman–Crippen MR) is 121 cm³/mol. The van der Waals surface area contributed by atoms with Crippen LogP contribution in [-0.2, 0) is 6.42 Å². The Morgan fingerprint density at radius 3 is 2.73 bits per heavy atom. The lowest BCUT2D eigenvalue weighted by Crippen LogP contribution is -2.55. The number of fused-ring (bicyclic) bond motifs is 5. The molecule has 0 spiro atoms. The van der Waals surface area contributed by atoms with Gasteiger partial charge in [-0.2, -0.15) is 0 Å². The van der Waals surface area contributed by atoms with Crippen molar-refractivity contribution in [3.05, 3.63) is 59.2 Å². The third kappa shape index (κ3) is 3.21. The Balaban J connectivity index is 1.45. The molecule has 0 unspecified atom stereocenters. The van der Waals surface area contributed by atoms with Crippen molar-refractivity contribution in [2.45, 2.75) is 70.5 Å². The molecule has 6 atom stereocenters. The van der Waals surface area contributed by atoms with Crippen molar-refractivity contribution in [2.24, 2.45) is 17.3 Å². The van der Waals surface area contributed by atoms with E-state index in [0.29, 0.717) is 24.2 Å². The van der Waals surface area contributed by atoms with Crippen LogP contribution in [-0.4, -0.2) is 19.3 Å². The molecule has 0 aromatic heterocycles. The zero-order chi connectivity index (χ0) is 20.9. The van der Waals surface area contributed by atoms with Gasteiger partial charge in [-0.15, -0.1) is 0 Å². The van der Waals surface area contributed by atoms with Gasteiger partial charge in [0, 0.05) is 11.7 Å². The van der Waals surface area contributed by atoms with E-state index in [0.717, 1.165) is 18.6 Å². The van der Waals surface area contributed by atoms with Crippen molar-refractivity contribution in [1.29, 1.82) is 0 Å². The fourth-order valence-corrected chi connectivity index (χ4v) is 6.95. The summed E-state index contributed by atoms with van der Waals surface area (Å²) in [4.78, 5) is 0. The molecule has 160 valence electrons. The van der Waals surface area contributed by atoms with Crippen LogP contribution < -0.4 is 10.1 Å². The van der Waals surface area contributed by atoms with Crippen molar-refractivity contribution < 1.29 is 9.13 Å². The number of hydrogen-bond acceptors (Lipinski definition) is 2. The first-order chi connectivity index (χ1) is 14.5. The zero-order valence-electron chi connectivity index (χ0n) is 18.5. The van der Waals surface area contributed by atoms with Gasteiger partial charge in [-0.1, -0.05) is 31.2 Å². The maximum atomic E-state index is 15.1. The third-order valence-electron chi connectivity index (χ3n) is 8.64. The molecule has 3 aliphatic carbocycles. The molecule has 30 heavy (non-hydrogen) atoms. The number of anilines is 1. The maximum absolute atomic E-state index is 15.1. The summed E-state index contributed by atoms with van der Waals surface area (Å²) in [5, 5.41) is 3.79. The summed E-state index contributed by atoms with van der Waals surface area (Å²) >= 11 is 0. The van der Waals surface area contributed by atoms with Gasteiger partial charge < -0.3 is 10.1 Å². The Kier molecular flexibility index (Phi) is 5.03. The van der Waals surface area contributed by atoms with Gasteiger partial charge in [0.25, 0.3) is 0 Å². The number of hydrogen-bond donors (Lipinski definition) is 1. The minimum absolute atomic E-state index is 0.149. The third-order valence-corrected chi connectivity index (χ3v) is 8.64. The van der Waals surface area contributed by atoms with Crippen LogP contribution >= 0.6 is 0 Å². The van der Waals surface area contributed by atoms with Crippen LogP contribution in [0.15, 0.2) is 42.5 Å². The van der Waals surface area contributed by atoms with Gasteiger partial charge in [0.05, 0.1) is 7.11 Å². The quantitative estimate of drug-likeness (QED) is 0.613. The van der Waals surface area contributed by atoms with E-state index in [1.165, 1.54) is 41.6 Å². The molecule has 1 N–H and O–H groups in total. The van der Waals surface area contributed by atoms with Gasteiger partial charge in [-0.25, -0.2) is 4.39 Å². The Morgan fingerprint density at radius 2 is 1.93 bits per heavy atom. The molecule has 3 heteroatoms. The molecule has 2 saturated carbocycles. The van der Waals surface area contributed by atoms with Crippen LogP contribution in [0.25, 0.3) is 0 Å². The first kappa shape index (κ1) is 19.9. The van der Waals surface area contributed by atoms with Crippen LogP contribution in [0.2, 0.25) is 0 Å². The Morgan fingerprint density at radius 1 is 1.10 bits per heavy atom. The fraction of sp³-hybridized carbons (Fsp3) is 0.556. The van der Waals surface area contributed by atoms with Crippen LogP contribution in [0, 0.1) is 24.2 Å². The Labute approximate surface area is 180 Å². The van der Waals surface area contributed by atoms with E-state index in [1.807, 2.05) is 0 Å². The SMILES string of the molecule is COc1ccc2c(c1)CC[C@@H]1[C@@H]2CC[C@]2(C)[C@@H](Nc3ccccc3C)C[C@@H](F)C[C@@H]12. The second kappa shape index (κ2) is 7.59. The number of alkyl halides is 1. The molecule has 0 radical (unpaired) electrons. The van der Waals surface area contributed by atoms with Gasteiger partial charge >= 0.3 is 0 Å². The molecule has 0 saturated heterocycles. The van der Waals surface area contributed by atoms with Crippen LogP contribution in [0.3, 0.4) is 0 Å². The molecular weight excluding hydrogens is 373 g/mol. The van der Waals surface area contributed by atoms with Crippen molar-refractivity contribution in [3.63, 3.8) is 0 Å². The summed E-state index contributed by atoms with van der Waals surface area (Å²) in [6.07, 6.45) is 5.30. The number of ether oxygens (including phenoxy) is 1. The molecular formula is C27H34FNO. The standard InChI is InChI=1S/C27H34FNO/c1-17-6-4-5-7-25(17)29-26-16-19(28)15-24-23-10-8-18-14-20(30-3)9-11-21(18)22(23)12-13-27(24,26)2/h4-7,9,11,14,19,22-24,26,29H,8,10,12-13,15-16H2,1-3H3/t19-,22+,23+,24-,26-,27-/m0/s1. The van der Waals surface area contributed by atoms with Gasteiger partial charge in [-0.05, 0) is 104 Å². The number of nitrogens with one attached hydrogen (secondary N) is 1. The van der Waals surface area contributed by atoms with Crippen LogP contribution in [0.4, 0.5) is 10.1 Å². The summed E-state index contributed by atoms with van der Waals surface area (Å²) < 4.78 is 20.5. The van der Waals surface area contributed by atoms with Crippen molar-refractivity contribution in [1.82, 2.24) is 0 Å². The van der Waals surface area contributed by atoms with E-state index >= 15 is 4.39 Å². The normalized spacial score (nSPS) is 35.0. The van der Waals surface area contributed by atoms with E-state index in [1.54, 1.807) is 7.11 Å². The molecule has 0 aliphatic heterocycles. The molecule has 5 rings (SSSR count). The summed E-state index contributed by atoms with van der Waals surface area (Å²) in [5.41, 5.74) is 5.50. The molecule has 3 aliphatic rings. The first-order valence-electron chi connectivity index (χ1n) is 11.6. The zero-order valence-corrected chi connectivity index (χ0v) is 18.5. The Hall–Kier alpha value is -2.03. The molecule has 0 amide bonds. The minimum Gasteiger partial charge on any atom is -0.497 e. The van der Waals surface area contributed by atoms with Crippen LogP contribution in [0.5, 0.6) is 5.75 Å². The fourth-order valence-electron chi connectivity index (χ4n) is 6.95. The molecule has 2 nitrogen and oxygen atoms in total. The molecule has 0 heterocycles. The van der Waals surface area contributed by atoms with Crippen molar-refractivity contribution >= 4 is 5.69 Å². The summed E-state index contributed by atoms with van der Waals surface area (Å²) in [6, 6.07) is 15.2. The molecule has 2 aromatic rings. The van der Waals surface area contributed by atoms with Gasteiger partial charge in [0.15, 0.2) is 0 Å². The lowest BCUT2D eigenvalue weighted by atomic mass is 9.49. The predicted octanol–water partition coefficient (Wildman–Crippen LogP) is 6.68. The summed E-state index contributed by atoms with van der Waals surface area (Å²) in [5.74, 6) is 2.56. The van der Waals surface area contributed by atoms with Crippen LogP contribution in [0.1, 0.15) is 61.6 Å². The summed E-state index contributed by atoms with van der Waals surface area (Å²) in [6.45, 7) is 4.58. The van der Waals surface area contributed by atoms with E-state index in [4.69, 9.17) is 4.74 Å². The van der Waals surface area contributed by atoms with E-state index in [9.17, 15) is 0 Å². The highest BCUT2D eigenvalue weighted by Gasteiger charge is 2.55. The molecule has 0 bridgehead atoms. The highest BCUT2D eigenvalue weighted by Crippen LogP contribution is 2.60. The second-order valence-electron chi connectivity index (χ2n) is 10.1. The number of benzene rings is 2. The number of rotatable bonds is 3. The number of halogens is 1. The average Bonchev–Trinajstić information content (AvgIpc) is 2.75. The van der Waals surface area contributed by atoms with Gasteiger partial charge in [-0.3, -0.25) is 0 Å². The lowest BCUT2D eigenvalue weighted by molar-refractivity contribution is -0.0400. The number of methoxy groups -OCH3 is 1. The highest BCUT2D eigenvalue weighted by atomic mass is 19.1. The maximum Gasteiger partial charge on any atom is 0.119 e. The second-order valence-corrected chi connectivity index (χ2v) is 10.1. The highest BCUT2D eigenvalue weighted by molar-refractivity contribution is 5.51. The van der Waals surface area contributed by atoms with Crippen molar-refractivity contribution in [3.8, 4) is 5.75 Å². The van der Waals surface area contributed by atoms with E-state index in [2.05, 4.69) is 61.6 Å². The number of aryl methyl sites for hydroxylation is 2.